The maximum Gasteiger partial charge on any atom is 0.121 e. The van der Waals surface area contributed by atoms with Crippen LogP contribution in [0.4, 0.5) is 0 Å². The predicted molar refractivity (Wildman–Crippen MR) is 78.5 cm³/mol. The third-order valence-corrected chi connectivity index (χ3v) is 3.37. The van der Waals surface area contributed by atoms with Crippen LogP contribution in [0.1, 0.15) is 18.9 Å². The van der Waals surface area contributed by atoms with E-state index in [1.165, 1.54) is 16.3 Å². The van der Waals surface area contributed by atoms with Crippen molar-refractivity contribution in [1.82, 2.24) is 5.43 Å². The number of ether oxygens (including phenoxy) is 1. The van der Waals surface area contributed by atoms with Gasteiger partial charge in [0.15, 0.2) is 0 Å². The van der Waals surface area contributed by atoms with Crippen molar-refractivity contribution in [3.8, 4) is 0 Å². The fraction of sp³-hybridized carbons (Fsp3) is 0.312. The molecule has 0 spiro atoms. The molecule has 0 radical (unpaired) electrons. The molecule has 1 N–H and O–H groups in total. The van der Waals surface area contributed by atoms with E-state index in [0.717, 1.165) is 25.3 Å². The van der Waals surface area contributed by atoms with Gasteiger partial charge in [-0.1, -0.05) is 49.4 Å². The van der Waals surface area contributed by atoms with Crippen molar-refractivity contribution in [2.75, 3.05) is 13.2 Å². The molecule has 3 nitrogen and oxygen atoms in total. The van der Waals surface area contributed by atoms with Crippen LogP contribution >= 0.6 is 0 Å². The molecule has 1 unspecified atom stereocenters. The summed E-state index contributed by atoms with van der Waals surface area (Å²) < 4.78 is 5.87. The number of nitrogens with zero attached hydrogens (tertiary/aromatic N) is 1. The normalized spacial score (nSPS) is 18.4. The second kappa shape index (κ2) is 5.41. The molecule has 0 aromatic heterocycles. The van der Waals surface area contributed by atoms with Crippen LogP contribution in [0.2, 0.25) is 0 Å². The Hall–Kier alpha value is -1.87. The van der Waals surface area contributed by atoms with Gasteiger partial charge in [-0.05, 0) is 17.2 Å². The lowest BCUT2D eigenvalue weighted by atomic mass is 9.98. The summed E-state index contributed by atoms with van der Waals surface area (Å²) in [5.41, 5.74) is 5.25. The first-order valence-corrected chi connectivity index (χ1v) is 6.80. The lowest BCUT2D eigenvalue weighted by Gasteiger charge is -2.14. The Balaban J connectivity index is 1.99. The summed E-state index contributed by atoms with van der Waals surface area (Å²) in [6.07, 6.45) is 1.09. The van der Waals surface area contributed by atoms with E-state index in [1.807, 2.05) is 0 Å². The Morgan fingerprint density at radius 3 is 2.95 bits per heavy atom. The molecule has 0 bridgehead atoms. The molecule has 0 aliphatic carbocycles. The number of benzene rings is 2. The van der Waals surface area contributed by atoms with Gasteiger partial charge in [-0.3, -0.25) is 0 Å². The Bertz CT molecular complexity index is 601. The highest BCUT2D eigenvalue weighted by Crippen LogP contribution is 2.22. The summed E-state index contributed by atoms with van der Waals surface area (Å²) >= 11 is 0. The van der Waals surface area contributed by atoms with Gasteiger partial charge in [-0.25, -0.2) is 0 Å². The third kappa shape index (κ3) is 2.34. The van der Waals surface area contributed by atoms with Gasteiger partial charge in [0.05, 0.1) is 12.3 Å². The van der Waals surface area contributed by atoms with E-state index in [0.29, 0.717) is 0 Å². The molecule has 2 aromatic carbocycles. The van der Waals surface area contributed by atoms with Crippen LogP contribution in [0, 0.1) is 0 Å². The van der Waals surface area contributed by atoms with Gasteiger partial charge in [0, 0.05) is 12.2 Å². The quantitative estimate of drug-likeness (QED) is 0.910. The average Bonchev–Trinajstić information content (AvgIpc) is 2.92. The fourth-order valence-electron chi connectivity index (χ4n) is 2.46. The van der Waals surface area contributed by atoms with E-state index >= 15 is 0 Å². The maximum atomic E-state index is 5.87. The van der Waals surface area contributed by atoms with E-state index in [-0.39, 0.29) is 6.10 Å². The molecule has 19 heavy (non-hydrogen) atoms. The molecule has 1 aliphatic rings. The van der Waals surface area contributed by atoms with Gasteiger partial charge < -0.3 is 10.2 Å². The number of nitrogens with one attached hydrogen (secondary N) is 1. The molecule has 2 aromatic rings. The second-order valence-corrected chi connectivity index (χ2v) is 4.75. The fourth-order valence-corrected chi connectivity index (χ4v) is 2.46. The SMILES string of the molecule is CCCOC1CNN=C1c1cccc2ccccc12. The first-order valence-electron chi connectivity index (χ1n) is 6.80. The minimum atomic E-state index is 0.0609. The molecule has 3 rings (SSSR count). The largest absolute Gasteiger partial charge is 0.370 e. The lowest BCUT2D eigenvalue weighted by molar-refractivity contribution is 0.105. The van der Waals surface area contributed by atoms with Crippen molar-refractivity contribution in [3.05, 3.63) is 48.0 Å². The molecule has 1 aliphatic heterocycles. The van der Waals surface area contributed by atoms with Crippen molar-refractivity contribution in [3.63, 3.8) is 0 Å². The zero-order chi connectivity index (χ0) is 13.1. The van der Waals surface area contributed by atoms with Crippen molar-refractivity contribution >= 4 is 16.5 Å². The zero-order valence-electron chi connectivity index (χ0n) is 11.1. The second-order valence-electron chi connectivity index (χ2n) is 4.75. The van der Waals surface area contributed by atoms with Crippen molar-refractivity contribution in [2.45, 2.75) is 19.4 Å². The van der Waals surface area contributed by atoms with E-state index in [4.69, 9.17) is 4.74 Å². The van der Waals surface area contributed by atoms with Crippen LogP contribution in [0.15, 0.2) is 47.6 Å². The summed E-state index contributed by atoms with van der Waals surface area (Å²) in [4.78, 5) is 0. The molecule has 0 saturated heterocycles. The van der Waals surface area contributed by atoms with Crippen molar-refractivity contribution < 1.29 is 4.74 Å². The molecule has 3 heteroatoms. The molecule has 1 heterocycles. The molecular formula is C16H18N2O. The van der Waals surface area contributed by atoms with Crippen molar-refractivity contribution in [1.29, 1.82) is 0 Å². The first-order chi connectivity index (χ1) is 9.40. The molecule has 0 fully saturated rings. The van der Waals surface area contributed by atoms with Gasteiger partial charge in [0.25, 0.3) is 0 Å². The van der Waals surface area contributed by atoms with Gasteiger partial charge in [0.2, 0.25) is 0 Å². The monoisotopic (exact) mass is 254 g/mol. The maximum absolute atomic E-state index is 5.87. The smallest absolute Gasteiger partial charge is 0.121 e. The summed E-state index contributed by atoms with van der Waals surface area (Å²) in [7, 11) is 0. The topological polar surface area (TPSA) is 33.6 Å². The Morgan fingerprint density at radius 2 is 2.05 bits per heavy atom. The van der Waals surface area contributed by atoms with E-state index in [1.54, 1.807) is 0 Å². The summed E-state index contributed by atoms with van der Waals surface area (Å²) in [6, 6.07) is 14.7. The third-order valence-electron chi connectivity index (χ3n) is 3.37. The first kappa shape index (κ1) is 12.2. The highest BCUT2D eigenvalue weighted by atomic mass is 16.5. The van der Waals surface area contributed by atoms with Gasteiger partial charge in [-0.2, -0.15) is 5.10 Å². The van der Waals surface area contributed by atoms with Crippen LogP contribution in [0.25, 0.3) is 10.8 Å². The molecule has 0 amide bonds. The minimum Gasteiger partial charge on any atom is -0.370 e. The van der Waals surface area contributed by atoms with Crippen LogP contribution in [0.5, 0.6) is 0 Å². The van der Waals surface area contributed by atoms with Gasteiger partial charge in [-0.15, -0.1) is 0 Å². The number of hydrazone groups is 1. The van der Waals surface area contributed by atoms with E-state index < -0.39 is 0 Å². The lowest BCUT2D eigenvalue weighted by Crippen LogP contribution is -2.26. The van der Waals surface area contributed by atoms with E-state index in [2.05, 4.69) is 59.9 Å². The summed E-state index contributed by atoms with van der Waals surface area (Å²) in [6.45, 7) is 3.66. The Labute approximate surface area is 113 Å². The number of hydrogen-bond donors (Lipinski definition) is 1. The van der Waals surface area contributed by atoms with Crippen LogP contribution in [-0.2, 0) is 4.74 Å². The molecular weight excluding hydrogens is 236 g/mol. The highest BCUT2D eigenvalue weighted by molar-refractivity contribution is 6.13. The number of fused-ring (bicyclic) bond motifs is 1. The predicted octanol–water partition coefficient (Wildman–Crippen LogP) is 2.94. The molecule has 0 saturated carbocycles. The number of rotatable bonds is 4. The minimum absolute atomic E-state index is 0.0609. The average molecular weight is 254 g/mol. The summed E-state index contributed by atoms with van der Waals surface area (Å²) in [5.74, 6) is 0. The Kier molecular flexibility index (Phi) is 3.47. The Morgan fingerprint density at radius 1 is 1.21 bits per heavy atom. The van der Waals surface area contributed by atoms with E-state index in [9.17, 15) is 0 Å². The van der Waals surface area contributed by atoms with Crippen LogP contribution in [-0.4, -0.2) is 25.0 Å². The summed E-state index contributed by atoms with van der Waals surface area (Å²) in [5, 5.41) is 6.91. The zero-order valence-corrected chi connectivity index (χ0v) is 11.1. The molecule has 1 atom stereocenters. The highest BCUT2D eigenvalue weighted by Gasteiger charge is 2.24. The standard InChI is InChI=1S/C16H18N2O/c1-2-10-19-15-11-17-18-16(15)14-9-5-7-12-6-3-4-8-13(12)14/h3-9,15,17H,2,10-11H2,1H3. The van der Waals surface area contributed by atoms with Crippen LogP contribution < -0.4 is 5.43 Å². The van der Waals surface area contributed by atoms with Gasteiger partial charge in [0.1, 0.15) is 6.10 Å². The van der Waals surface area contributed by atoms with Gasteiger partial charge >= 0.3 is 0 Å². The molecule has 98 valence electrons. The number of hydrogen-bond acceptors (Lipinski definition) is 3. The van der Waals surface area contributed by atoms with Crippen molar-refractivity contribution in [2.24, 2.45) is 5.10 Å². The van der Waals surface area contributed by atoms with Crippen LogP contribution in [0.3, 0.4) is 0 Å².